The van der Waals surface area contributed by atoms with E-state index in [1.807, 2.05) is 36.4 Å². The summed E-state index contributed by atoms with van der Waals surface area (Å²) in [6.45, 7) is 0. The highest BCUT2D eigenvalue weighted by Crippen LogP contribution is 2.33. The van der Waals surface area contributed by atoms with E-state index in [1.54, 1.807) is 24.3 Å². The van der Waals surface area contributed by atoms with Crippen LogP contribution in [0.5, 0.6) is 0 Å². The summed E-state index contributed by atoms with van der Waals surface area (Å²) < 4.78 is 38.5. The third-order valence-electron chi connectivity index (χ3n) is 4.33. The fourth-order valence-electron chi connectivity index (χ4n) is 2.95. The molecule has 4 heteroatoms. The molecule has 0 unspecified atom stereocenters. The van der Waals surface area contributed by atoms with Crippen molar-refractivity contribution in [1.82, 2.24) is 0 Å². The van der Waals surface area contributed by atoms with Crippen LogP contribution >= 0.6 is 0 Å². The van der Waals surface area contributed by atoms with Gasteiger partial charge < -0.3 is 0 Å². The average Bonchev–Trinajstić information content (AvgIpc) is 2.67. The van der Waals surface area contributed by atoms with Gasteiger partial charge in [-0.15, -0.1) is 0 Å². The summed E-state index contributed by atoms with van der Waals surface area (Å²) in [7, 11) is 0. The fourth-order valence-corrected chi connectivity index (χ4v) is 2.95. The van der Waals surface area contributed by atoms with Crippen molar-refractivity contribution in [2.75, 3.05) is 0 Å². The quantitative estimate of drug-likeness (QED) is 0.505. The zero-order chi connectivity index (χ0) is 18.6. The molecular weight excluding hydrogens is 337 g/mol. The summed E-state index contributed by atoms with van der Waals surface area (Å²) >= 11 is 0. The molecule has 3 aromatic carbocycles. The van der Waals surface area contributed by atoms with Crippen molar-refractivity contribution in [2.45, 2.75) is 18.5 Å². The molecule has 0 saturated carbocycles. The molecule has 0 radical (unpaired) electrons. The number of rotatable bonds is 5. The molecule has 1 nitrogen and oxygen atoms in total. The van der Waals surface area contributed by atoms with Gasteiger partial charge >= 0.3 is 6.18 Å². The maximum Gasteiger partial charge on any atom is 0.416 e. The van der Waals surface area contributed by atoms with Crippen molar-refractivity contribution in [3.8, 4) is 0 Å². The molecule has 0 aliphatic heterocycles. The number of halogens is 3. The third-order valence-corrected chi connectivity index (χ3v) is 4.33. The minimum Gasteiger partial charge on any atom is -0.294 e. The van der Waals surface area contributed by atoms with E-state index in [1.165, 1.54) is 12.1 Å². The molecule has 0 heterocycles. The molecule has 0 bridgehead atoms. The van der Waals surface area contributed by atoms with Crippen LogP contribution in [-0.2, 0) is 6.18 Å². The summed E-state index contributed by atoms with van der Waals surface area (Å²) in [5, 5.41) is 0. The van der Waals surface area contributed by atoms with E-state index in [9.17, 15) is 18.0 Å². The Bertz CT molecular complexity index is 853. The van der Waals surface area contributed by atoms with Gasteiger partial charge in [0.1, 0.15) is 0 Å². The van der Waals surface area contributed by atoms with E-state index >= 15 is 0 Å². The zero-order valence-corrected chi connectivity index (χ0v) is 13.9. The maximum atomic E-state index is 12.8. The maximum absolute atomic E-state index is 12.8. The number of alkyl halides is 3. The standard InChI is InChI=1S/C22H17F3O/c23-22(24,25)19-13-11-17(12-14-19)20(16-7-3-1-4-8-16)15-21(26)18-9-5-2-6-10-18/h1-14,20H,15H2/t20-/m0/s1. The van der Waals surface area contributed by atoms with Crippen LogP contribution in [0.2, 0.25) is 0 Å². The van der Waals surface area contributed by atoms with Gasteiger partial charge in [-0.05, 0) is 23.3 Å². The molecule has 0 saturated heterocycles. The number of carbonyl (C=O) groups is 1. The first kappa shape index (κ1) is 17.9. The van der Waals surface area contributed by atoms with Gasteiger partial charge in [0, 0.05) is 17.9 Å². The van der Waals surface area contributed by atoms with Gasteiger partial charge in [-0.3, -0.25) is 4.79 Å². The Labute approximate surface area is 150 Å². The van der Waals surface area contributed by atoms with E-state index in [0.717, 1.165) is 17.7 Å². The van der Waals surface area contributed by atoms with Gasteiger partial charge in [-0.25, -0.2) is 0 Å². The van der Waals surface area contributed by atoms with Crippen molar-refractivity contribution < 1.29 is 18.0 Å². The minimum absolute atomic E-state index is 0.0423. The van der Waals surface area contributed by atoms with Crippen LogP contribution in [0.4, 0.5) is 13.2 Å². The first-order valence-electron chi connectivity index (χ1n) is 8.25. The molecule has 0 amide bonds. The predicted octanol–water partition coefficient (Wildman–Crippen LogP) is 6.11. The average molecular weight is 354 g/mol. The van der Waals surface area contributed by atoms with Gasteiger partial charge in [-0.1, -0.05) is 72.8 Å². The lowest BCUT2D eigenvalue weighted by Gasteiger charge is -2.18. The Balaban J connectivity index is 1.93. The lowest BCUT2D eigenvalue weighted by Crippen LogP contribution is -2.10. The molecule has 26 heavy (non-hydrogen) atoms. The van der Waals surface area contributed by atoms with E-state index in [-0.39, 0.29) is 18.1 Å². The van der Waals surface area contributed by atoms with Gasteiger partial charge in [0.05, 0.1) is 5.56 Å². The molecule has 1 atom stereocenters. The lowest BCUT2D eigenvalue weighted by molar-refractivity contribution is -0.137. The Morgan fingerprint density at radius 3 is 1.77 bits per heavy atom. The van der Waals surface area contributed by atoms with Gasteiger partial charge in [-0.2, -0.15) is 13.2 Å². The van der Waals surface area contributed by atoms with Crippen molar-refractivity contribution in [3.05, 3.63) is 107 Å². The number of hydrogen-bond acceptors (Lipinski definition) is 1. The number of ketones is 1. The highest BCUT2D eigenvalue weighted by Gasteiger charge is 2.30. The van der Waals surface area contributed by atoms with Crippen LogP contribution in [0.25, 0.3) is 0 Å². The van der Waals surface area contributed by atoms with Crippen molar-refractivity contribution >= 4 is 5.78 Å². The molecule has 0 aliphatic carbocycles. The second-order valence-corrected chi connectivity index (χ2v) is 6.08. The molecule has 0 spiro atoms. The predicted molar refractivity (Wildman–Crippen MR) is 95.1 cm³/mol. The number of hydrogen-bond donors (Lipinski definition) is 0. The molecule has 0 aliphatic rings. The third kappa shape index (κ3) is 4.20. The first-order chi connectivity index (χ1) is 12.4. The topological polar surface area (TPSA) is 17.1 Å². The molecule has 132 valence electrons. The van der Waals surface area contributed by atoms with E-state index < -0.39 is 11.7 Å². The van der Waals surface area contributed by atoms with Crippen LogP contribution in [-0.4, -0.2) is 5.78 Å². The Morgan fingerprint density at radius 1 is 0.731 bits per heavy atom. The fraction of sp³-hybridized carbons (Fsp3) is 0.136. The summed E-state index contributed by atoms with van der Waals surface area (Å²) in [6.07, 6.45) is -4.18. The first-order valence-corrected chi connectivity index (χ1v) is 8.25. The van der Waals surface area contributed by atoms with Crippen molar-refractivity contribution in [3.63, 3.8) is 0 Å². The minimum atomic E-state index is -4.37. The van der Waals surface area contributed by atoms with Crippen LogP contribution in [0.15, 0.2) is 84.9 Å². The molecular formula is C22H17F3O. The Kier molecular flexibility index (Phi) is 5.21. The molecule has 0 N–H and O–H groups in total. The van der Waals surface area contributed by atoms with Crippen LogP contribution in [0, 0.1) is 0 Å². The largest absolute Gasteiger partial charge is 0.416 e. The zero-order valence-electron chi connectivity index (χ0n) is 13.9. The summed E-state index contributed by atoms with van der Waals surface area (Å²) in [5.74, 6) is -0.342. The summed E-state index contributed by atoms with van der Waals surface area (Å²) in [6, 6.07) is 23.3. The highest BCUT2D eigenvalue weighted by molar-refractivity contribution is 5.96. The van der Waals surface area contributed by atoms with Gasteiger partial charge in [0.15, 0.2) is 5.78 Å². The van der Waals surface area contributed by atoms with E-state index in [0.29, 0.717) is 11.1 Å². The van der Waals surface area contributed by atoms with Gasteiger partial charge in [0.25, 0.3) is 0 Å². The number of carbonyl (C=O) groups excluding carboxylic acids is 1. The second-order valence-electron chi connectivity index (χ2n) is 6.08. The number of Topliss-reactive ketones (excluding diaryl/α,β-unsaturated/α-hetero) is 1. The number of benzene rings is 3. The highest BCUT2D eigenvalue weighted by atomic mass is 19.4. The smallest absolute Gasteiger partial charge is 0.294 e. The van der Waals surface area contributed by atoms with Crippen LogP contribution in [0.1, 0.15) is 39.4 Å². The van der Waals surface area contributed by atoms with E-state index in [4.69, 9.17) is 0 Å². The van der Waals surface area contributed by atoms with E-state index in [2.05, 4.69) is 0 Å². The lowest BCUT2D eigenvalue weighted by atomic mass is 9.85. The Morgan fingerprint density at radius 2 is 1.23 bits per heavy atom. The SMILES string of the molecule is O=C(C[C@@H](c1ccccc1)c1ccc(C(F)(F)F)cc1)c1ccccc1. The Hall–Kier alpha value is -2.88. The van der Waals surface area contributed by atoms with Crippen molar-refractivity contribution in [2.24, 2.45) is 0 Å². The van der Waals surface area contributed by atoms with Crippen LogP contribution in [0.3, 0.4) is 0 Å². The molecule has 3 rings (SSSR count). The second kappa shape index (κ2) is 7.56. The summed E-state index contributed by atoms with van der Waals surface area (Å²) in [4.78, 5) is 12.6. The van der Waals surface area contributed by atoms with Crippen molar-refractivity contribution in [1.29, 1.82) is 0 Å². The molecule has 0 fully saturated rings. The normalized spacial score (nSPS) is 12.6. The molecule has 3 aromatic rings. The van der Waals surface area contributed by atoms with Gasteiger partial charge in [0.2, 0.25) is 0 Å². The summed E-state index contributed by atoms with van der Waals surface area (Å²) in [5.41, 5.74) is 1.49. The molecule has 0 aromatic heterocycles. The monoisotopic (exact) mass is 354 g/mol. The van der Waals surface area contributed by atoms with Crippen LogP contribution < -0.4 is 0 Å².